The Bertz CT molecular complexity index is 572. The predicted octanol–water partition coefficient (Wildman–Crippen LogP) is -1.07. The number of hydrogen-bond acceptors (Lipinski definition) is 8. The van der Waals surface area contributed by atoms with Gasteiger partial charge in [0.2, 0.25) is 5.91 Å². The van der Waals surface area contributed by atoms with Crippen LogP contribution in [-0.4, -0.2) is 80.9 Å². The largest absolute Gasteiger partial charge is 0.448 e. The third kappa shape index (κ3) is 18.0. The molecule has 1 atom stereocenters. The molecule has 13 heteroatoms. The van der Waals surface area contributed by atoms with Crippen LogP contribution in [0, 0.1) is 0 Å². The zero-order chi connectivity index (χ0) is 24.2. The average Bonchev–Trinajstić information content (AvgIpc) is 2.73. The maximum absolute atomic E-state index is 12.5. The molecule has 0 aromatic heterocycles. The van der Waals surface area contributed by atoms with Crippen molar-refractivity contribution < 1.29 is 23.9 Å². The number of ether oxygens (including phenoxy) is 2. The van der Waals surface area contributed by atoms with Gasteiger partial charge in [-0.3, -0.25) is 14.7 Å². The van der Waals surface area contributed by atoms with Crippen molar-refractivity contribution in [2.24, 2.45) is 33.7 Å². The number of aliphatic imine (C=N–C) groups is 1. The molecule has 0 spiro atoms. The van der Waals surface area contributed by atoms with Gasteiger partial charge in [0.05, 0.1) is 6.54 Å². The molecule has 3 amide bonds. The van der Waals surface area contributed by atoms with Gasteiger partial charge in [0.15, 0.2) is 5.96 Å². The third-order valence-corrected chi connectivity index (χ3v) is 4.34. The summed E-state index contributed by atoms with van der Waals surface area (Å²) in [6.45, 7) is 1.34. The van der Waals surface area contributed by atoms with Crippen molar-refractivity contribution >= 4 is 24.1 Å². The Balaban J connectivity index is 4.48. The minimum atomic E-state index is -0.922. The number of amides is 3. The van der Waals surface area contributed by atoms with Crippen LogP contribution in [-0.2, 0) is 14.3 Å². The first-order valence-electron chi connectivity index (χ1n) is 10.9. The van der Waals surface area contributed by atoms with E-state index >= 15 is 0 Å². The fourth-order valence-electron chi connectivity index (χ4n) is 2.70. The summed E-state index contributed by atoms with van der Waals surface area (Å²) in [5.74, 6) is -0.386. The fourth-order valence-corrected chi connectivity index (χ4v) is 2.70. The summed E-state index contributed by atoms with van der Waals surface area (Å²) >= 11 is 0. The zero-order valence-corrected chi connectivity index (χ0v) is 18.8. The van der Waals surface area contributed by atoms with E-state index in [1.165, 1.54) is 4.90 Å². The van der Waals surface area contributed by atoms with Crippen molar-refractivity contribution in [1.29, 1.82) is 0 Å². The van der Waals surface area contributed by atoms with E-state index in [-0.39, 0.29) is 38.3 Å². The zero-order valence-electron chi connectivity index (χ0n) is 18.8. The Morgan fingerprint density at radius 3 is 2.31 bits per heavy atom. The quantitative estimate of drug-likeness (QED) is 0.0829. The maximum Gasteiger partial charge on any atom is 0.410 e. The first-order chi connectivity index (χ1) is 15.3. The molecule has 0 bridgehead atoms. The molecule has 0 rings (SSSR count). The molecule has 0 saturated carbocycles. The molecule has 0 saturated heterocycles. The lowest BCUT2D eigenvalue weighted by Crippen LogP contribution is -2.43. The van der Waals surface area contributed by atoms with Gasteiger partial charge in [0, 0.05) is 19.1 Å². The van der Waals surface area contributed by atoms with E-state index in [1.807, 2.05) is 0 Å². The van der Waals surface area contributed by atoms with Gasteiger partial charge in [-0.05, 0) is 32.2 Å². The number of nitrogens with two attached hydrogens (primary N) is 5. The van der Waals surface area contributed by atoms with E-state index in [9.17, 15) is 14.4 Å². The average molecular weight is 461 g/mol. The van der Waals surface area contributed by atoms with E-state index in [0.717, 1.165) is 32.1 Å². The van der Waals surface area contributed by atoms with Gasteiger partial charge in [0.25, 0.3) is 0 Å². The van der Waals surface area contributed by atoms with Gasteiger partial charge in [0.1, 0.15) is 19.8 Å². The Morgan fingerprint density at radius 1 is 0.969 bits per heavy atom. The maximum atomic E-state index is 12.5. The summed E-state index contributed by atoms with van der Waals surface area (Å²) in [4.78, 5) is 40.4. The lowest BCUT2D eigenvalue weighted by Gasteiger charge is -2.23. The van der Waals surface area contributed by atoms with Crippen LogP contribution >= 0.6 is 0 Å². The lowest BCUT2D eigenvalue weighted by atomic mass is 10.1. The molecule has 0 aromatic carbocycles. The van der Waals surface area contributed by atoms with E-state index in [2.05, 4.69) is 15.0 Å². The van der Waals surface area contributed by atoms with E-state index in [4.69, 9.17) is 33.4 Å². The van der Waals surface area contributed by atoms with E-state index in [1.54, 1.807) is 0 Å². The van der Waals surface area contributed by atoms with Crippen molar-refractivity contribution in [3.05, 3.63) is 0 Å². The molecule has 0 heterocycles. The molecular weight excluding hydrogens is 420 g/mol. The van der Waals surface area contributed by atoms with Crippen molar-refractivity contribution in [3.8, 4) is 0 Å². The summed E-state index contributed by atoms with van der Waals surface area (Å²) in [6.07, 6.45) is 4.30. The number of nitrogens with one attached hydrogen (secondary N) is 1. The van der Waals surface area contributed by atoms with E-state index in [0.29, 0.717) is 32.5 Å². The normalized spacial score (nSPS) is 11.3. The van der Waals surface area contributed by atoms with Crippen LogP contribution < -0.4 is 34.0 Å². The van der Waals surface area contributed by atoms with Crippen LogP contribution in [0.5, 0.6) is 0 Å². The smallest absolute Gasteiger partial charge is 0.410 e. The first kappa shape index (κ1) is 29.2. The van der Waals surface area contributed by atoms with Gasteiger partial charge in [-0.1, -0.05) is 19.3 Å². The van der Waals surface area contributed by atoms with Crippen LogP contribution in [0.4, 0.5) is 9.59 Å². The number of unbranched alkanes of at least 4 members (excludes halogenated alkanes) is 4. The van der Waals surface area contributed by atoms with E-state index < -0.39 is 18.1 Å². The molecule has 32 heavy (non-hydrogen) atoms. The van der Waals surface area contributed by atoms with Crippen LogP contribution in [0.1, 0.15) is 44.9 Å². The Labute approximate surface area is 189 Å². The fraction of sp³-hybridized carbons (Fsp3) is 0.789. The summed E-state index contributed by atoms with van der Waals surface area (Å²) in [6, 6.07) is -0.369. The van der Waals surface area contributed by atoms with Crippen LogP contribution in [0.15, 0.2) is 4.99 Å². The molecule has 0 aromatic rings. The summed E-state index contributed by atoms with van der Waals surface area (Å²) in [5, 5.41) is 2.56. The first-order valence-corrected chi connectivity index (χ1v) is 10.9. The highest BCUT2D eigenvalue weighted by Crippen LogP contribution is 2.06. The second kappa shape index (κ2) is 18.9. The lowest BCUT2D eigenvalue weighted by molar-refractivity contribution is -0.122. The summed E-state index contributed by atoms with van der Waals surface area (Å²) < 4.78 is 9.84. The molecule has 11 N–H and O–H groups in total. The number of hydrogen-bond donors (Lipinski definition) is 6. The predicted molar refractivity (Wildman–Crippen MR) is 121 cm³/mol. The second-order valence-electron chi connectivity index (χ2n) is 7.28. The van der Waals surface area contributed by atoms with Gasteiger partial charge in [-0.15, -0.1) is 0 Å². The standard InChI is InChI=1S/C19H40N8O5/c20-8-4-2-1-3-5-11-27(13-16(28)25-10-12-31-18(24)29)19(30)32-14-15(21)7-6-9-26-17(22)23/h15H,1-14,20-21H2,(H2,24,29)(H,25,28)(H4,22,23,26). The molecule has 0 radical (unpaired) electrons. The molecule has 186 valence electrons. The van der Waals surface area contributed by atoms with Gasteiger partial charge in [-0.25, -0.2) is 9.59 Å². The van der Waals surface area contributed by atoms with Crippen molar-refractivity contribution in [2.45, 2.75) is 51.0 Å². The number of primary amides is 1. The van der Waals surface area contributed by atoms with Gasteiger partial charge in [-0.2, -0.15) is 0 Å². The molecule has 13 nitrogen and oxygen atoms in total. The highest BCUT2D eigenvalue weighted by Gasteiger charge is 2.19. The molecule has 0 aliphatic heterocycles. The molecule has 0 aliphatic rings. The Kier molecular flexibility index (Phi) is 17.3. The summed E-state index contributed by atoms with van der Waals surface area (Å²) in [7, 11) is 0. The van der Waals surface area contributed by atoms with Gasteiger partial charge < -0.3 is 43.5 Å². The highest BCUT2D eigenvalue weighted by molar-refractivity contribution is 5.82. The molecular formula is C19H40N8O5. The van der Waals surface area contributed by atoms with Crippen molar-refractivity contribution in [3.63, 3.8) is 0 Å². The molecule has 1 unspecified atom stereocenters. The summed E-state index contributed by atoms with van der Waals surface area (Å²) in [5.41, 5.74) is 26.8. The minimum absolute atomic E-state index is 0.0156. The number of carbonyl (C=O) groups is 3. The number of guanidine groups is 1. The highest BCUT2D eigenvalue weighted by atomic mass is 16.6. The Hall–Kier alpha value is -2.80. The monoisotopic (exact) mass is 460 g/mol. The number of rotatable bonds is 18. The van der Waals surface area contributed by atoms with Crippen molar-refractivity contribution in [1.82, 2.24) is 10.2 Å². The molecule has 0 fully saturated rings. The van der Waals surface area contributed by atoms with Gasteiger partial charge >= 0.3 is 12.2 Å². The topological polar surface area (TPSA) is 227 Å². The van der Waals surface area contributed by atoms with Crippen LogP contribution in [0.2, 0.25) is 0 Å². The third-order valence-electron chi connectivity index (χ3n) is 4.34. The number of carbonyl (C=O) groups excluding carboxylic acids is 3. The molecule has 0 aliphatic carbocycles. The number of nitrogens with zero attached hydrogens (tertiary/aromatic N) is 2. The Morgan fingerprint density at radius 2 is 1.66 bits per heavy atom. The second-order valence-corrected chi connectivity index (χ2v) is 7.28. The van der Waals surface area contributed by atoms with Crippen LogP contribution in [0.25, 0.3) is 0 Å². The SMILES string of the molecule is NCCCCCCCN(CC(=O)NCCOC(N)=O)C(=O)OCC(N)CCCN=C(N)N. The van der Waals surface area contributed by atoms with Crippen molar-refractivity contribution in [2.75, 3.05) is 45.9 Å². The minimum Gasteiger partial charge on any atom is -0.448 e. The van der Waals surface area contributed by atoms with Crippen LogP contribution in [0.3, 0.4) is 0 Å².